The molecule has 14 heavy (non-hydrogen) atoms. The van der Waals surface area contributed by atoms with Crippen LogP contribution >= 0.6 is 11.6 Å². The Kier molecular flexibility index (Phi) is 3.20. The fourth-order valence-corrected chi connectivity index (χ4v) is 1.56. The van der Waals surface area contributed by atoms with Crippen molar-refractivity contribution in [3.63, 3.8) is 0 Å². The van der Waals surface area contributed by atoms with Crippen molar-refractivity contribution in [3.8, 4) is 0 Å². The standard InChI is InChI=1S/C12H16ClF/c1-8(12(2,3)4)9-5-10(13)7-11(14)6-9/h5-8H,1-4H3/t8-/m0/s1. The zero-order chi connectivity index (χ0) is 10.9. The summed E-state index contributed by atoms with van der Waals surface area (Å²) in [7, 11) is 0. The second-order valence-corrected chi connectivity index (χ2v) is 5.23. The van der Waals surface area contributed by atoms with E-state index in [0.29, 0.717) is 5.02 Å². The van der Waals surface area contributed by atoms with E-state index in [2.05, 4.69) is 27.7 Å². The third kappa shape index (κ3) is 2.71. The molecule has 0 saturated carbocycles. The van der Waals surface area contributed by atoms with E-state index >= 15 is 0 Å². The monoisotopic (exact) mass is 214 g/mol. The smallest absolute Gasteiger partial charge is 0.124 e. The molecule has 0 aliphatic carbocycles. The zero-order valence-corrected chi connectivity index (χ0v) is 9.82. The van der Waals surface area contributed by atoms with Gasteiger partial charge in [0, 0.05) is 5.02 Å². The Bertz CT molecular complexity index is 305. The SMILES string of the molecule is C[C@@H](c1cc(F)cc(Cl)c1)C(C)(C)C. The topological polar surface area (TPSA) is 0 Å². The quantitative estimate of drug-likeness (QED) is 0.640. The van der Waals surface area contributed by atoms with Gasteiger partial charge < -0.3 is 0 Å². The molecule has 0 N–H and O–H groups in total. The van der Waals surface area contributed by atoms with Gasteiger partial charge in [0.15, 0.2) is 0 Å². The highest BCUT2D eigenvalue weighted by molar-refractivity contribution is 6.30. The molecule has 0 heterocycles. The van der Waals surface area contributed by atoms with Crippen LogP contribution in [-0.4, -0.2) is 0 Å². The Balaban J connectivity index is 3.07. The normalized spacial score (nSPS) is 14.1. The maximum absolute atomic E-state index is 13.1. The molecular weight excluding hydrogens is 199 g/mol. The molecule has 0 saturated heterocycles. The van der Waals surface area contributed by atoms with Crippen LogP contribution in [0.5, 0.6) is 0 Å². The molecule has 0 radical (unpaired) electrons. The summed E-state index contributed by atoms with van der Waals surface area (Å²) < 4.78 is 13.1. The first-order valence-corrected chi connectivity index (χ1v) is 5.14. The van der Waals surface area contributed by atoms with Gasteiger partial charge in [0.1, 0.15) is 5.82 Å². The summed E-state index contributed by atoms with van der Waals surface area (Å²) in [5.41, 5.74) is 1.08. The number of halogens is 2. The highest BCUT2D eigenvalue weighted by atomic mass is 35.5. The Morgan fingerprint density at radius 1 is 1.21 bits per heavy atom. The molecule has 0 spiro atoms. The van der Waals surface area contributed by atoms with Gasteiger partial charge in [-0.3, -0.25) is 0 Å². The second-order valence-electron chi connectivity index (χ2n) is 4.79. The Morgan fingerprint density at radius 2 is 1.79 bits per heavy atom. The molecule has 78 valence electrons. The molecule has 2 heteroatoms. The third-order valence-corrected chi connectivity index (χ3v) is 2.90. The minimum absolute atomic E-state index is 0.122. The average Bonchev–Trinajstić information content (AvgIpc) is 1.99. The molecule has 0 bridgehead atoms. The maximum atomic E-state index is 13.1. The van der Waals surface area contributed by atoms with Crippen molar-refractivity contribution < 1.29 is 4.39 Å². The lowest BCUT2D eigenvalue weighted by Crippen LogP contribution is -2.15. The van der Waals surface area contributed by atoms with Crippen LogP contribution in [0.1, 0.15) is 39.2 Å². The number of hydrogen-bond acceptors (Lipinski definition) is 0. The summed E-state index contributed by atoms with van der Waals surface area (Å²) in [5, 5.41) is 0.469. The summed E-state index contributed by atoms with van der Waals surface area (Å²) in [5.74, 6) is 0.0271. The van der Waals surface area contributed by atoms with Crippen LogP contribution in [0, 0.1) is 11.2 Å². The minimum atomic E-state index is -0.261. The first-order chi connectivity index (χ1) is 6.30. The highest BCUT2D eigenvalue weighted by Gasteiger charge is 2.22. The summed E-state index contributed by atoms with van der Waals surface area (Å²) >= 11 is 5.80. The molecule has 1 aromatic rings. The Morgan fingerprint density at radius 3 is 2.21 bits per heavy atom. The predicted octanol–water partition coefficient (Wildman–Crippen LogP) is 4.63. The second kappa shape index (κ2) is 3.90. The molecule has 0 fully saturated rings. The Labute approximate surface area is 90.1 Å². The van der Waals surface area contributed by atoms with Crippen molar-refractivity contribution in [2.75, 3.05) is 0 Å². The van der Waals surface area contributed by atoms with Crippen LogP contribution in [0.15, 0.2) is 18.2 Å². The molecule has 1 aromatic carbocycles. The van der Waals surface area contributed by atoms with E-state index in [1.165, 1.54) is 6.07 Å². The number of benzene rings is 1. The van der Waals surface area contributed by atoms with Gasteiger partial charge in [-0.25, -0.2) is 4.39 Å². The zero-order valence-electron chi connectivity index (χ0n) is 9.07. The molecule has 0 unspecified atom stereocenters. The van der Waals surface area contributed by atoms with Gasteiger partial charge >= 0.3 is 0 Å². The molecule has 0 aliphatic rings. The van der Waals surface area contributed by atoms with E-state index in [9.17, 15) is 4.39 Å². The van der Waals surface area contributed by atoms with Gasteiger partial charge in [0.25, 0.3) is 0 Å². The van der Waals surface area contributed by atoms with Gasteiger partial charge in [-0.1, -0.05) is 39.3 Å². The van der Waals surface area contributed by atoms with E-state index < -0.39 is 0 Å². The highest BCUT2D eigenvalue weighted by Crippen LogP contribution is 2.35. The van der Waals surface area contributed by atoms with Crippen LogP contribution in [-0.2, 0) is 0 Å². The number of hydrogen-bond donors (Lipinski definition) is 0. The van der Waals surface area contributed by atoms with Gasteiger partial charge in [-0.05, 0) is 35.1 Å². The third-order valence-electron chi connectivity index (χ3n) is 2.68. The lowest BCUT2D eigenvalue weighted by atomic mass is 9.78. The van der Waals surface area contributed by atoms with Gasteiger partial charge in [0.05, 0.1) is 0 Å². The van der Waals surface area contributed by atoms with Crippen LogP contribution in [0.4, 0.5) is 4.39 Å². The van der Waals surface area contributed by atoms with Crippen molar-refractivity contribution in [2.45, 2.75) is 33.6 Å². The summed E-state index contributed by atoms with van der Waals surface area (Å²) in [6.07, 6.45) is 0. The Hall–Kier alpha value is -0.560. The van der Waals surface area contributed by atoms with E-state index in [4.69, 9.17) is 11.6 Å². The lowest BCUT2D eigenvalue weighted by molar-refractivity contribution is 0.339. The van der Waals surface area contributed by atoms with Gasteiger partial charge in [0.2, 0.25) is 0 Å². The maximum Gasteiger partial charge on any atom is 0.124 e. The molecular formula is C12H16ClF. The van der Waals surface area contributed by atoms with Crippen molar-refractivity contribution in [1.82, 2.24) is 0 Å². The molecule has 0 amide bonds. The lowest BCUT2D eigenvalue weighted by Gasteiger charge is -2.27. The van der Waals surface area contributed by atoms with Gasteiger partial charge in [-0.15, -0.1) is 0 Å². The van der Waals surface area contributed by atoms with Crippen LogP contribution in [0.25, 0.3) is 0 Å². The summed E-state index contributed by atoms with van der Waals surface area (Å²) in [6.45, 7) is 8.49. The van der Waals surface area contributed by atoms with Gasteiger partial charge in [-0.2, -0.15) is 0 Å². The van der Waals surface area contributed by atoms with Crippen LogP contribution < -0.4 is 0 Å². The number of rotatable bonds is 1. The minimum Gasteiger partial charge on any atom is -0.207 e. The van der Waals surface area contributed by atoms with Crippen molar-refractivity contribution in [3.05, 3.63) is 34.6 Å². The molecule has 0 aromatic heterocycles. The summed E-state index contributed by atoms with van der Waals surface area (Å²) in [6, 6.07) is 4.72. The fraction of sp³-hybridized carbons (Fsp3) is 0.500. The van der Waals surface area contributed by atoms with E-state index in [1.54, 1.807) is 6.07 Å². The van der Waals surface area contributed by atoms with Crippen molar-refractivity contribution >= 4 is 11.6 Å². The van der Waals surface area contributed by atoms with E-state index in [-0.39, 0.29) is 17.2 Å². The molecule has 1 rings (SSSR count). The van der Waals surface area contributed by atoms with E-state index in [1.807, 2.05) is 6.07 Å². The van der Waals surface area contributed by atoms with Crippen LogP contribution in [0.2, 0.25) is 5.02 Å². The first kappa shape index (κ1) is 11.5. The summed E-state index contributed by atoms with van der Waals surface area (Å²) in [4.78, 5) is 0. The van der Waals surface area contributed by atoms with Crippen LogP contribution in [0.3, 0.4) is 0 Å². The van der Waals surface area contributed by atoms with E-state index in [0.717, 1.165) is 5.56 Å². The average molecular weight is 215 g/mol. The van der Waals surface area contributed by atoms with Crippen molar-refractivity contribution in [1.29, 1.82) is 0 Å². The largest absolute Gasteiger partial charge is 0.207 e. The van der Waals surface area contributed by atoms with Crippen molar-refractivity contribution in [2.24, 2.45) is 5.41 Å². The molecule has 0 aliphatic heterocycles. The first-order valence-electron chi connectivity index (χ1n) is 4.76. The fourth-order valence-electron chi connectivity index (χ4n) is 1.33. The molecule has 0 nitrogen and oxygen atoms in total. The predicted molar refractivity (Wildman–Crippen MR) is 59.3 cm³/mol. The molecule has 1 atom stereocenters.